The van der Waals surface area contributed by atoms with Gasteiger partial charge in [-0.15, -0.1) is 0 Å². The van der Waals surface area contributed by atoms with E-state index >= 15 is 0 Å². The van der Waals surface area contributed by atoms with Gasteiger partial charge < -0.3 is 15.0 Å². The maximum atomic E-state index is 12.7. The molecule has 1 saturated heterocycles. The van der Waals surface area contributed by atoms with Gasteiger partial charge in [0, 0.05) is 37.4 Å². The molecule has 0 aromatic heterocycles. The van der Waals surface area contributed by atoms with E-state index in [1.54, 1.807) is 0 Å². The predicted molar refractivity (Wildman–Crippen MR) is 114 cm³/mol. The van der Waals surface area contributed by atoms with Crippen molar-refractivity contribution in [3.8, 4) is 5.75 Å². The first kappa shape index (κ1) is 20.9. The van der Waals surface area contributed by atoms with Gasteiger partial charge in [0.1, 0.15) is 5.75 Å². The average molecular weight is 396 g/mol. The third-order valence-corrected chi connectivity index (χ3v) is 5.20. The number of carbonyl (C=O) groups excluding carboxylic acids is 2. The molecule has 2 aromatic rings. The fraction of sp³-hybridized carbons (Fsp3) is 0.391. The van der Waals surface area contributed by atoms with Crippen molar-refractivity contribution in [2.75, 3.05) is 38.1 Å². The molecule has 0 saturated carbocycles. The fourth-order valence-corrected chi connectivity index (χ4v) is 3.50. The summed E-state index contributed by atoms with van der Waals surface area (Å²) in [5.41, 5.74) is 1.46. The van der Waals surface area contributed by atoms with Crippen molar-refractivity contribution in [2.24, 2.45) is 0 Å². The van der Waals surface area contributed by atoms with Gasteiger partial charge in [-0.05, 0) is 56.7 Å². The Morgan fingerprint density at radius 2 is 1.72 bits per heavy atom. The number of amides is 2. The van der Waals surface area contributed by atoms with E-state index in [1.165, 1.54) is 0 Å². The van der Waals surface area contributed by atoms with E-state index in [2.05, 4.69) is 10.2 Å². The highest BCUT2D eigenvalue weighted by Gasteiger charge is 2.26. The van der Waals surface area contributed by atoms with Crippen molar-refractivity contribution in [1.29, 1.82) is 0 Å². The summed E-state index contributed by atoms with van der Waals surface area (Å²) in [5.74, 6) is 0.796. The van der Waals surface area contributed by atoms with Gasteiger partial charge in [0.2, 0.25) is 5.91 Å². The number of rotatable bonds is 6. The Morgan fingerprint density at radius 3 is 2.41 bits per heavy atom. The predicted octanol–water partition coefficient (Wildman–Crippen LogP) is 3.26. The van der Waals surface area contributed by atoms with Gasteiger partial charge in [0.15, 0.2) is 0 Å². The van der Waals surface area contributed by atoms with Gasteiger partial charge in [-0.1, -0.05) is 18.2 Å². The van der Waals surface area contributed by atoms with Crippen LogP contribution in [0.2, 0.25) is 0 Å². The van der Waals surface area contributed by atoms with Crippen molar-refractivity contribution in [3.05, 3.63) is 60.2 Å². The molecule has 1 fully saturated rings. The van der Waals surface area contributed by atoms with E-state index in [1.807, 2.05) is 73.3 Å². The van der Waals surface area contributed by atoms with Crippen LogP contribution >= 0.6 is 0 Å². The monoisotopic (exact) mass is 395 g/mol. The molecule has 154 valence electrons. The molecule has 6 nitrogen and oxygen atoms in total. The molecule has 3 rings (SSSR count). The molecule has 2 aromatic carbocycles. The Labute approximate surface area is 172 Å². The summed E-state index contributed by atoms with van der Waals surface area (Å²) in [6.45, 7) is 7.26. The van der Waals surface area contributed by atoms with Crippen molar-refractivity contribution in [1.82, 2.24) is 9.80 Å². The SMILES string of the molecule is CCOc1ccc(NC(=O)C(C)N2CCCN(C(=O)c3ccccc3)CC2)cc1. The summed E-state index contributed by atoms with van der Waals surface area (Å²) >= 11 is 0. The summed E-state index contributed by atoms with van der Waals surface area (Å²) in [4.78, 5) is 29.4. The molecule has 0 aliphatic carbocycles. The van der Waals surface area contributed by atoms with Gasteiger partial charge in [-0.2, -0.15) is 0 Å². The summed E-state index contributed by atoms with van der Waals surface area (Å²) in [7, 11) is 0. The van der Waals surface area contributed by atoms with Crippen LogP contribution in [0.3, 0.4) is 0 Å². The van der Waals surface area contributed by atoms with Gasteiger partial charge in [-0.25, -0.2) is 0 Å². The van der Waals surface area contributed by atoms with Crippen LogP contribution in [-0.4, -0.2) is 60.4 Å². The molecule has 1 unspecified atom stereocenters. The standard InChI is InChI=1S/C23H29N3O3/c1-3-29-21-12-10-20(11-13-21)24-22(27)18(2)25-14-7-15-26(17-16-25)23(28)19-8-5-4-6-9-19/h4-6,8-13,18H,3,7,14-17H2,1-2H3,(H,24,27). The van der Waals surface area contributed by atoms with Crippen LogP contribution in [0.15, 0.2) is 54.6 Å². The van der Waals surface area contributed by atoms with Crippen LogP contribution in [0.25, 0.3) is 0 Å². The Bertz CT molecular complexity index is 808. The molecule has 0 spiro atoms. The van der Waals surface area contributed by atoms with Gasteiger partial charge in [0.25, 0.3) is 5.91 Å². The molecule has 1 atom stereocenters. The molecular formula is C23H29N3O3. The number of hydrogen-bond acceptors (Lipinski definition) is 4. The van der Waals surface area contributed by atoms with E-state index in [-0.39, 0.29) is 17.9 Å². The minimum atomic E-state index is -0.270. The molecule has 1 aliphatic heterocycles. The van der Waals surface area contributed by atoms with Crippen LogP contribution in [-0.2, 0) is 4.79 Å². The highest BCUT2D eigenvalue weighted by molar-refractivity contribution is 5.95. The molecule has 1 heterocycles. The van der Waals surface area contributed by atoms with E-state index in [4.69, 9.17) is 4.74 Å². The number of nitrogens with zero attached hydrogens (tertiary/aromatic N) is 2. The number of benzene rings is 2. The lowest BCUT2D eigenvalue weighted by molar-refractivity contribution is -0.120. The minimum absolute atomic E-state index is 0.0444. The van der Waals surface area contributed by atoms with Gasteiger partial charge in [0.05, 0.1) is 12.6 Å². The van der Waals surface area contributed by atoms with Crippen LogP contribution in [0, 0.1) is 0 Å². The zero-order valence-corrected chi connectivity index (χ0v) is 17.1. The Hall–Kier alpha value is -2.86. The van der Waals surface area contributed by atoms with Crippen LogP contribution < -0.4 is 10.1 Å². The summed E-state index contributed by atoms with van der Waals surface area (Å²) in [5, 5.41) is 2.97. The largest absolute Gasteiger partial charge is 0.494 e. The molecule has 29 heavy (non-hydrogen) atoms. The molecule has 1 aliphatic rings. The Morgan fingerprint density at radius 1 is 1.00 bits per heavy atom. The lowest BCUT2D eigenvalue weighted by Gasteiger charge is -2.27. The highest BCUT2D eigenvalue weighted by atomic mass is 16.5. The molecular weight excluding hydrogens is 366 g/mol. The molecule has 1 N–H and O–H groups in total. The molecule has 2 amide bonds. The number of anilines is 1. The normalized spacial score (nSPS) is 16.0. The van der Waals surface area contributed by atoms with Crippen LogP contribution in [0.4, 0.5) is 5.69 Å². The topological polar surface area (TPSA) is 61.9 Å². The van der Waals surface area contributed by atoms with Crippen molar-refractivity contribution >= 4 is 17.5 Å². The van der Waals surface area contributed by atoms with Gasteiger partial charge >= 0.3 is 0 Å². The van der Waals surface area contributed by atoms with Crippen LogP contribution in [0.1, 0.15) is 30.6 Å². The second kappa shape index (κ2) is 10.1. The zero-order valence-electron chi connectivity index (χ0n) is 17.1. The quantitative estimate of drug-likeness (QED) is 0.816. The summed E-state index contributed by atoms with van der Waals surface area (Å²) in [6.07, 6.45) is 0.846. The summed E-state index contributed by atoms with van der Waals surface area (Å²) in [6, 6.07) is 16.5. The molecule has 0 radical (unpaired) electrons. The second-order valence-electron chi connectivity index (χ2n) is 7.17. The third-order valence-electron chi connectivity index (χ3n) is 5.20. The first-order valence-electron chi connectivity index (χ1n) is 10.2. The first-order valence-corrected chi connectivity index (χ1v) is 10.2. The number of carbonyl (C=O) groups is 2. The highest BCUT2D eigenvalue weighted by Crippen LogP contribution is 2.17. The minimum Gasteiger partial charge on any atom is -0.494 e. The summed E-state index contributed by atoms with van der Waals surface area (Å²) < 4.78 is 5.43. The fourth-order valence-electron chi connectivity index (χ4n) is 3.50. The lowest BCUT2D eigenvalue weighted by Crippen LogP contribution is -2.44. The first-order chi connectivity index (χ1) is 14.1. The maximum Gasteiger partial charge on any atom is 0.253 e. The van der Waals surface area contributed by atoms with E-state index in [0.29, 0.717) is 31.8 Å². The second-order valence-corrected chi connectivity index (χ2v) is 7.17. The lowest BCUT2D eigenvalue weighted by atomic mass is 10.2. The average Bonchev–Trinajstić information content (AvgIpc) is 3.01. The molecule has 6 heteroatoms. The zero-order chi connectivity index (χ0) is 20.6. The van der Waals surface area contributed by atoms with Crippen molar-refractivity contribution in [3.63, 3.8) is 0 Å². The number of nitrogens with one attached hydrogen (secondary N) is 1. The van der Waals surface area contributed by atoms with Crippen molar-refractivity contribution in [2.45, 2.75) is 26.3 Å². The van der Waals surface area contributed by atoms with E-state index in [0.717, 1.165) is 24.4 Å². The smallest absolute Gasteiger partial charge is 0.253 e. The number of ether oxygens (including phenoxy) is 1. The van der Waals surface area contributed by atoms with E-state index < -0.39 is 0 Å². The maximum absolute atomic E-state index is 12.7. The van der Waals surface area contributed by atoms with Crippen LogP contribution in [0.5, 0.6) is 5.75 Å². The Kier molecular flexibility index (Phi) is 7.25. The van der Waals surface area contributed by atoms with Gasteiger partial charge in [-0.3, -0.25) is 14.5 Å². The Balaban J connectivity index is 1.55. The molecule has 0 bridgehead atoms. The number of hydrogen-bond donors (Lipinski definition) is 1. The van der Waals surface area contributed by atoms with Crippen molar-refractivity contribution < 1.29 is 14.3 Å². The van der Waals surface area contributed by atoms with E-state index in [9.17, 15) is 9.59 Å². The third kappa shape index (κ3) is 5.57.